The lowest BCUT2D eigenvalue weighted by molar-refractivity contribution is -0.120. The molecule has 0 aliphatic carbocycles. The molecule has 0 saturated heterocycles. The Labute approximate surface area is 215 Å². The molecule has 0 saturated carbocycles. The zero-order valence-corrected chi connectivity index (χ0v) is 21.5. The number of halogens is 1. The van der Waals surface area contributed by atoms with E-state index < -0.39 is 11.4 Å². The zero-order chi connectivity index (χ0) is 25.8. The maximum Gasteiger partial charge on any atom is 0.339 e. The fourth-order valence-electron chi connectivity index (χ4n) is 5.16. The van der Waals surface area contributed by atoms with Gasteiger partial charge in [-0.25, -0.2) is 4.79 Å². The molecule has 2 aliphatic rings. The number of anilines is 2. The van der Waals surface area contributed by atoms with Gasteiger partial charge in [0.05, 0.1) is 23.4 Å². The average Bonchev–Trinajstić information content (AvgIpc) is 3.05. The van der Waals surface area contributed by atoms with Crippen LogP contribution in [0.25, 0.3) is 0 Å². The van der Waals surface area contributed by atoms with Gasteiger partial charge in [-0.3, -0.25) is 9.69 Å². The number of ether oxygens (including phenoxy) is 2. The van der Waals surface area contributed by atoms with Gasteiger partial charge >= 0.3 is 5.97 Å². The summed E-state index contributed by atoms with van der Waals surface area (Å²) in [6, 6.07) is 16.1. The molecule has 0 fully saturated rings. The summed E-state index contributed by atoms with van der Waals surface area (Å²) >= 11 is 6.40. The van der Waals surface area contributed by atoms with Gasteiger partial charge in [0, 0.05) is 5.02 Å². The minimum atomic E-state index is -1.12. The van der Waals surface area contributed by atoms with Gasteiger partial charge in [0.2, 0.25) is 5.91 Å². The van der Waals surface area contributed by atoms with E-state index in [9.17, 15) is 14.7 Å². The van der Waals surface area contributed by atoms with Crippen LogP contribution < -0.4 is 14.4 Å². The second kappa shape index (κ2) is 8.56. The van der Waals surface area contributed by atoms with E-state index >= 15 is 0 Å². The summed E-state index contributed by atoms with van der Waals surface area (Å²) in [7, 11) is 0. The van der Waals surface area contributed by atoms with Gasteiger partial charge in [-0.1, -0.05) is 23.7 Å². The first-order valence-electron chi connectivity index (χ1n) is 12.0. The van der Waals surface area contributed by atoms with Crippen molar-refractivity contribution in [3.63, 3.8) is 0 Å². The van der Waals surface area contributed by atoms with Crippen molar-refractivity contribution in [2.75, 3.05) is 11.5 Å². The molecule has 5 rings (SSSR count). The number of carboxylic acid groups (broad SMARTS) is 1. The van der Waals surface area contributed by atoms with Crippen molar-refractivity contribution >= 4 is 34.9 Å². The van der Waals surface area contributed by atoms with Crippen LogP contribution in [0.1, 0.15) is 61.2 Å². The van der Waals surface area contributed by atoms with Crippen molar-refractivity contribution in [1.29, 1.82) is 0 Å². The van der Waals surface area contributed by atoms with Crippen molar-refractivity contribution in [2.24, 2.45) is 0 Å². The predicted molar refractivity (Wildman–Crippen MR) is 139 cm³/mol. The number of hydrogen-bond acceptors (Lipinski definition) is 4. The number of rotatable bonds is 5. The number of hydrogen-bond donors (Lipinski definition) is 1. The predicted octanol–water partition coefficient (Wildman–Crippen LogP) is 6.52. The van der Waals surface area contributed by atoms with Gasteiger partial charge in [-0.05, 0) is 99.7 Å². The molecule has 2 heterocycles. The van der Waals surface area contributed by atoms with Crippen LogP contribution in [0.5, 0.6) is 11.5 Å². The Bertz CT molecular complexity index is 1400. The van der Waals surface area contributed by atoms with Crippen molar-refractivity contribution in [2.45, 2.75) is 51.6 Å². The number of aromatic carboxylic acids is 1. The molecule has 2 aliphatic heterocycles. The van der Waals surface area contributed by atoms with Crippen molar-refractivity contribution in [1.82, 2.24) is 0 Å². The summed E-state index contributed by atoms with van der Waals surface area (Å²) in [4.78, 5) is 27.8. The number of carbonyl (C=O) groups excluding carboxylic acids is 1. The Morgan fingerprint density at radius 1 is 1.11 bits per heavy atom. The van der Waals surface area contributed by atoms with Gasteiger partial charge in [-0.15, -0.1) is 0 Å². The summed E-state index contributed by atoms with van der Waals surface area (Å²) in [6.07, 6.45) is 1.74. The molecule has 186 valence electrons. The van der Waals surface area contributed by atoms with E-state index in [0.717, 1.165) is 35.3 Å². The van der Waals surface area contributed by atoms with Crippen LogP contribution in [0.4, 0.5) is 11.4 Å². The van der Waals surface area contributed by atoms with Gasteiger partial charge in [-0.2, -0.15) is 0 Å². The molecule has 0 spiro atoms. The number of carbonyl (C=O) groups is 2. The van der Waals surface area contributed by atoms with Crippen molar-refractivity contribution in [3.05, 3.63) is 81.9 Å². The normalized spacial score (nSPS) is 19.9. The van der Waals surface area contributed by atoms with Gasteiger partial charge in [0.1, 0.15) is 22.7 Å². The highest BCUT2D eigenvalue weighted by molar-refractivity contribution is 6.31. The molecule has 3 aromatic carbocycles. The Balaban J connectivity index is 1.65. The molecule has 0 aromatic heterocycles. The molecule has 36 heavy (non-hydrogen) atoms. The SMILES string of the molecule is CCOc1ccc(N2C(=O)[C@@](C)(c3ccc4c(c3)CCC(C)(C)O4)c3cc(Cl)ccc32)cc1C(=O)O. The maximum absolute atomic E-state index is 14.2. The first kappa shape index (κ1) is 24.2. The quantitative estimate of drug-likeness (QED) is 0.427. The Kier molecular flexibility index (Phi) is 5.75. The lowest BCUT2D eigenvalue weighted by Gasteiger charge is -2.34. The van der Waals surface area contributed by atoms with Crippen LogP contribution >= 0.6 is 11.6 Å². The monoisotopic (exact) mass is 505 g/mol. The Morgan fingerprint density at radius 3 is 2.61 bits per heavy atom. The zero-order valence-electron chi connectivity index (χ0n) is 20.7. The van der Waals surface area contributed by atoms with Crippen LogP contribution in [0.3, 0.4) is 0 Å². The number of amides is 1. The van der Waals surface area contributed by atoms with Gasteiger partial charge < -0.3 is 14.6 Å². The molecule has 1 amide bonds. The molecule has 1 atom stereocenters. The minimum absolute atomic E-state index is 0.000175. The topological polar surface area (TPSA) is 76.1 Å². The van der Waals surface area contributed by atoms with E-state index in [4.69, 9.17) is 21.1 Å². The highest BCUT2D eigenvalue weighted by Gasteiger charge is 2.50. The average molecular weight is 506 g/mol. The third-order valence-electron chi connectivity index (χ3n) is 7.14. The fourth-order valence-corrected chi connectivity index (χ4v) is 5.33. The van der Waals surface area contributed by atoms with Gasteiger partial charge in [0.15, 0.2) is 0 Å². The molecular weight excluding hydrogens is 478 g/mol. The molecule has 7 heteroatoms. The van der Waals surface area contributed by atoms with E-state index in [1.165, 1.54) is 6.07 Å². The molecule has 0 bridgehead atoms. The van der Waals surface area contributed by atoms with E-state index in [1.807, 2.05) is 31.2 Å². The minimum Gasteiger partial charge on any atom is -0.493 e. The first-order chi connectivity index (χ1) is 17.0. The Morgan fingerprint density at radius 2 is 1.89 bits per heavy atom. The summed E-state index contributed by atoms with van der Waals surface area (Å²) in [5.74, 6) is -0.206. The van der Waals surface area contributed by atoms with E-state index in [2.05, 4.69) is 19.9 Å². The molecular formula is C29H28ClNO5. The Hall–Kier alpha value is -3.51. The van der Waals surface area contributed by atoms with E-state index in [-0.39, 0.29) is 22.8 Å². The number of fused-ring (bicyclic) bond motifs is 2. The largest absolute Gasteiger partial charge is 0.493 e. The lowest BCUT2D eigenvalue weighted by atomic mass is 9.76. The summed E-state index contributed by atoms with van der Waals surface area (Å²) in [5, 5.41) is 10.3. The van der Waals surface area contributed by atoms with Crippen LogP contribution in [0, 0.1) is 0 Å². The number of nitrogens with zero attached hydrogens (tertiary/aromatic N) is 1. The maximum atomic E-state index is 14.2. The molecule has 6 nitrogen and oxygen atoms in total. The number of benzene rings is 3. The lowest BCUT2D eigenvalue weighted by Crippen LogP contribution is -2.37. The first-order valence-corrected chi connectivity index (χ1v) is 12.4. The summed E-state index contributed by atoms with van der Waals surface area (Å²) in [5.41, 5.74) is 2.54. The van der Waals surface area contributed by atoms with Crippen LogP contribution in [-0.2, 0) is 16.6 Å². The second-order valence-electron chi connectivity index (χ2n) is 10.0. The van der Waals surface area contributed by atoms with Gasteiger partial charge in [0.25, 0.3) is 0 Å². The highest BCUT2D eigenvalue weighted by Crippen LogP contribution is 2.51. The van der Waals surface area contributed by atoms with E-state index in [1.54, 1.807) is 30.0 Å². The number of carboxylic acids is 1. The van der Waals surface area contributed by atoms with Crippen LogP contribution in [-0.4, -0.2) is 29.2 Å². The third-order valence-corrected chi connectivity index (χ3v) is 7.38. The smallest absolute Gasteiger partial charge is 0.339 e. The fraction of sp³-hybridized carbons (Fsp3) is 0.310. The summed E-state index contributed by atoms with van der Waals surface area (Å²) < 4.78 is 11.7. The highest BCUT2D eigenvalue weighted by atomic mass is 35.5. The van der Waals surface area contributed by atoms with Crippen LogP contribution in [0.15, 0.2) is 54.6 Å². The molecule has 1 N–H and O–H groups in total. The summed E-state index contributed by atoms with van der Waals surface area (Å²) in [6.45, 7) is 8.17. The molecule has 3 aromatic rings. The van der Waals surface area contributed by atoms with Crippen LogP contribution in [0.2, 0.25) is 5.02 Å². The van der Waals surface area contributed by atoms with Crippen molar-refractivity contribution < 1.29 is 24.2 Å². The standard InChI is InChI=1S/C29H28ClNO5/c1-5-35-25-11-8-20(16-21(25)26(32)33)31-23-9-7-19(30)15-22(23)29(4,27(31)34)18-6-10-24-17(14-18)12-13-28(2,3)36-24/h6-11,14-16H,5,12-13H2,1-4H3,(H,32,33)/t29-/m0/s1. The molecule has 0 unspecified atom stereocenters. The number of aryl methyl sites for hydroxylation is 1. The second-order valence-corrected chi connectivity index (χ2v) is 10.5. The van der Waals surface area contributed by atoms with E-state index in [0.29, 0.717) is 23.0 Å². The molecule has 0 radical (unpaired) electrons. The third kappa shape index (κ3) is 3.80. The van der Waals surface area contributed by atoms with Crippen molar-refractivity contribution in [3.8, 4) is 11.5 Å².